The van der Waals surface area contributed by atoms with Crippen LogP contribution in [0.25, 0.3) is 54.1 Å². The predicted octanol–water partition coefficient (Wildman–Crippen LogP) is 5.30. The molecule has 0 unspecified atom stereocenters. The van der Waals surface area contributed by atoms with Gasteiger partial charge in [-0.2, -0.15) is 0 Å². The molecule has 0 bridgehead atoms. The molecule has 0 amide bonds. The monoisotopic (exact) mass is 384 g/mol. The topological polar surface area (TPSA) is 25.8 Å². The number of hydrogen-bond acceptors (Lipinski definition) is 2. The van der Waals surface area contributed by atoms with Crippen molar-refractivity contribution in [2.45, 2.75) is 0 Å². The van der Waals surface area contributed by atoms with Crippen LogP contribution in [0.5, 0.6) is 0 Å². The van der Waals surface area contributed by atoms with Crippen LogP contribution in [0.2, 0.25) is 0 Å². The predicted molar refractivity (Wildman–Crippen MR) is 107 cm³/mol. The molecule has 0 N–H and O–H groups in total. The summed E-state index contributed by atoms with van der Waals surface area (Å²) < 4.78 is 9.66. The number of hydrogen-bond donors (Lipinski definition) is 0. The number of nitrogens with zero attached hydrogens (tertiary/aromatic N) is 2. The van der Waals surface area contributed by atoms with Crippen LogP contribution < -0.4 is 0 Å². The summed E-state index contributed by atoms with van der Waals surface area (Å²) in [6.45, 7) is 0. The first-order chi connectivity index (χ1) is 12.4. The average molecular weight is 383 g/mol. The summed E-state index contributed by atoms with van der Waals surface area (Å²) in [6, 6.07) is 26.1. The van der Waals surface area contributed by atoms with Crippen LogP contribution >= 0.6 is 0 Å². The van der Waals surface area contributed by atoms with Crippen LogP contribution in [0.1, 0.15) is 0 Å². The summed E-state index contributed by atoms with van der Waals surface area (Å²) in [7, 11) is 0. The van der Waals surface area contributed by atoms with E-state index >= 15 is 0 Å². The molecule has 0 aliphatic heterocycles. The van der Waals surface area contributed by atoms with Crippen molar-refractivity contribution in [1.82, 2.24) is 7.96 Å². The van der Waals surface area contributed by atoms with Gasteiger partial charge in [0.15, 0.2) is 0 Å². The molecule has 0 atom stereocenters. The van der Waals surface area contributed by atoms with Crippen LogP contribution in [0, 0.1) is 0 Å². The van der Waals surface area contributed by atoms with E-state index in [0.717, 1.165) is 11.0 Å². The van der Waals surface area contributed by atoms with Crippen molar-refractivity contribution in [2.24, 2.45) is 0 Å². The van der Waals surface area contributed by atoms with Gasteiger partial charge in [-0.05, 0) is 0 Å². The van der Waals surface area contributed by atoms with Crippen molar-refractivity contribution >= 4 is 69.1 Å². The van der Waals surface area contributed by atoms with Crippen molar-refractivity contribution < 1.29 is 0 Å². The Labute approximate surface area is 149 Å². The fourth-order valence-electron chi connectivity index (χ4n) is 4.02. The molecule has 1 aromatic heterocycles. The normalized spacial score (nSPS) is 12.0. The fraction of sp³-hybridized carbons (Fsp3) is 0. The minimum absolute atomic E-state index is 0.0581. The quantitative estimate of drug-likeness (QED) is 0.263. The Hall–Kier alpha value is -2.74. The maximum atomic E-state index is 4.83. The van der Waals surface area contributed by atoms with Gasteiger partial charge in [0.1, 0.15) is 0 Å². The Morgan fingerprint density at radius 1 is 0.480 bits per heavy atom. The molecule has 0 aliphatic rings. The molecule has 0 spiro atoms. The first-order valence-corrected chi connectivity index (χ1v) is 9.82. The summed E-state index contributed by atoms with van der Waals surface area (Å²) in [4.78, 5) is 0. The molecule has 6 rings (SSSR count). The van der Waals surface area contributed by atoms with Crippen LogP contribution in [-0.4, -0.2) is 22.9 Å². The van der Waals surface area contributed by atoms with Gasteiger partial charge in [0.25, 0.3) is 0 Å². The van der Waals surface area contributed by atoms with Crippen LogP contribution in [0.4, 0.5) is 0 Å². The van der Waals surface area contributed by atoms with E-state index in [0.29, 0.717) is 0 Å². The second kappa shape index (κ2) is 4.89. The summed E-state index contributed by atoms with van der Waals surface area (Å²) in [5.41, 5.74) is 2.16. The van der Waals surface area contributed by atoms with Crippen LogP contribution in [0.15, 0.2) is 72.8 Å². The van der Waals surface area contributed by atoms with Gasteiger partial charge in [-0.1, -0.05) is 0 Å². The molecule has 0 aliphatic carbocycles. The van der Waals surface area contributed by atoms with E-state index in [4.69, 9.17) is 7.96 Å². The molecule has 5 aromatic carbocycles. The standard InChI is InChI=1S/C22H12N2Se/c1-3-7-15-13(5-1)9-11-17-18-12-10-14-6-2-4-8-16(14)20(18)22-21(19(15)17)23-25-24-22/h1-12H. The van der Waals surface area contributed by atoms with Gasteiger partial charge in [0.2, 0.25) is 0 Å². The molecule has 25 heavy (non-hydrogen) atoms. The molecule has 1 heterocycles. The Morgan fingerprint density at radius 2 is 0.960 bits per heavy atom. The third-order valence-corrected chi connectivity index (χ3v) is 6.22. The molecular formula is C22H12N2Se. The zero-order valence-electron chi connectivity index (χ0n) is 13.2. The molecule has 3 heteroatoms. The maximum absolute atomic E-state index is 4.83. The molecule has 6 aromatic rings. The zero-order valence-corrected chi connectivity index (χ0v) is 14.9. The molecule has 0 radical (unpaired) electrons. The molecule has 116 valence electrons. The van der Waals surface area contributed by atoms with Gasteiger partial charge in [-0.15, -0.1) is 0 Å². The summed E-state index contributed by atoms with van der Waals surface area (Å²) >= 11 is -0.0581. The van der Waals surface area contributed by atoms with Crippen molar-refractivity contribution in [1.29, 1.82) is 0 Å². The van der Waals surface area contributed by atoms with E-state index in [9.17, 15) is 0 Å². The van der Waals surface area contributed by atoms with Crippen molar-refractivity contribution in [3.05, 3.63) is 72.8 Å². The molecule has 2 nitrogen and oxygen atoms in total. The summed E-state index contributed by atoms with van der Waals surface area (Å²) in [5, 5.41) is 10.1. The van der Waals surface area contributed by atoms with E-state index in [1.165, 1.54) is 43.1 Å². The van der Waals surface area contributed by atoms with Gasteiger partial charge in [0.05, 0.1) is 0 Å². The van der Waals surface area contributed by atoms with E-state index in [1.807, 2.05) is 0 Å². The summed E-state index contributed by atoms with van der Waals surface area (Å²) in [6.07, 6.45) is 0. The van der Waals surface area contributed by atoms with E-state index in [-0.39, 0.29) is 15.0 Å². The van der Waals surface area contributed by atoms with Crippen molar-refractivity contribution in [2.75, 3.05) is 0 Å². The van der Waals surface area contributed by atoms with E-state index in [1.54, 1.807) is 0 Å². The van der Waals surface area contributed by atoms with Gasteiger partial charge >= 0.3 is 150 Å². The number of fused-ring (bicyclic) bond motifs is 10. The molecule has 0 fully saturated rings. The third kappa shape index (κ3) is 1.74. The number of aromatic nitrogens is 2. The second-order valence-corrected chi connectivity index (χ2v) is 7.49. The van der Waals surface area contributed by atoms with Crippen molar-refractivity contribution in [3.8, 4) is 0 Å². The van der Waals surface area contributed by atoms with Gasteiger partial charge in [-0.25, -0.2) is 0 Å². The first kappa shape index (κ1) is 13.5. The Kier molecular flexibility index (Phi) is 2.65. The number of rotatable bonds is 0. The van der Waals surface area contributed by atoms with Gasteiger partial charge in [-0.3, -0.25) is 0 Å². The van der Waals surface area contributed by atoms with E-state index in [2.05, 4.69) is 72.8 Å². The van der Waals surface area contributed by atoms with Gasteiger partial charge in [0, 0.05) is 0 Å². The first-order valence-electron chi connectivity index (χ1n) is 8.29. The zero-order chi connectivity index (χ0) is 16.4. The Morgan fingerprint density at radius 3 is 1.48 bits per heavy atom. The van der Waals surface area contributed by atoms with Gasteiger partial charge < -0.3 is 0 Å². The van der Waals surface area contributed by atoms with Crippen LogP contribution in [0.3, 0.4) is 0 Å². The SMILES string of the molecule is c1ccc2c(c1)ccc1c3ccc4ccccc4c3c3n[se]nc3c21. The van der Waals surface area contributed by atoms with E-state index < -0.39 is 0 Å². The molecule has 0 saturated carbocycles. The number of benzene rings is 5. The third-order valence-electron chi connectivity index (χ3n) is 5.11. The second-order valence-electron chi connectivity index (χ2n) is 6.38. The summed E-state index contributed by atoms with van der Waals surface area (Å²) in [5.74, 6) is 0. The Balaban J connectivity index is 2.03. The fourth-order valence-corrected chi connectivity index (χ4v) is 5.19. The molecular weight excluding hydrogens is 371 g/mol. The Bertz CT molecular complexity index is 1340. The minimum atomic E-state index is -0.0581. The van der Waals surface area contributed by atoms with Crippen molar-refractivity contribution in [3.63, 3.8) is 0 Å². The molecule has 0 saturated heterocycles. The van der Waals surface area contributed by atoms with Crippen LogP contribution in [-0.2, 0) is 0 Å². The average Bonchev–Trinajstić information content (AvgIpc) is 3.16.